The van der Waals surface area contributed by atoms with Crippen molar-refractivity contribution in [2.24, 2.45) is 23.7 Å². The van der Waals surface area contributed by atoms with Crippen molar-refractivity contribution in [1.29, 1.82) is 0 Å². The van der Waals surface area contributed by atoms with Gasteiger partial charge in [0.1, 0.15) is 6.67 Å². The van der Waals surface area contributed by atoms with E-state index in [0.29, 0.717) is 0 Å². The van der Waals surface area contributed by atoms with E-state index in [2.05, 4.69) is 10.2 Å². The van der Waals surface area contributed by atoms with Crippen LogP contribution in [0.1, 0.15) is 89.9 Å². The number of nitrogens with zero attached hydrogens (tertiary/aromatic N) is 1. The fourth-order valence-corrected chi connectivity index (χ4v) is 6.90. The van der Waals surface area contributed by atoms with Crippen molar-refractivity contribution in [2.45, 2.75) is 95.9 Å². The smallest absolute Gasteiger partial charge is 0.132 e. The predicted octanol–water partition coefficient (Wildman–Crippen LogP) is 4.16. The molecule has 3 saturated carbocycles. The van der Waals surface area contributed by atoms with E-state index >= 15 is 0 Å². The first-order chi connectivity index (χ1) is 11.9. The largest absolute Gasteiger partial charge is 0.333 e. The summed E-state index contributed by atoms with van der Waals surface area (Å²) in [5.41, 5.74) is 0. The standard InChI is InChI=1S/C22H40N2/c1-3-7-18(8-4-1)19-11-13-21(14-12-19)22(24-16-15-23-17-24)20-9-5-2-6-10-20/h18-23H,1-17H2/p+1/t19?,21?,22-/m0/s1. The number of hydrogen-bond donors (Lipinski definition) is 1. The third-order valence-electron chi connectivity index (χ3n) is 8.15. The molecule has 0 aromatic carbocycles. The Hall–Kier alpha value is -0.0800. The Kier molecular flexibility index (Phi) is 6.17. The minimum Gasteiger partial charge on any atom is -0.333 e. The molecule has 0 aromatic heterocycles. The summed E-state index contributed by atoms with van der Waals surface area (Å²) in [6.45, 7) is 4.01. The summed E-state index contributed by atoms with van der Waals surface area (Å²) in [7, 11) is 0. The summed E-state index contributed by atoms with van der Waals surface area (Å²) in [6, 6.07) is 0.941. The third kappa shape index (κ3) is 4.01. The Bertz CT molecular complexity index is 356. The molecule has 0 aromatic rings. The average Bonchev–Trinajstić information content (AvgIpc) is 3.18. The van der Waals surface area contributed by atoms with Crippen molar-refractivity contribution in [1.82, 2.24) is 4.90 Å². The molecular formula is C22H41N2+. The van der Waals surface area contributed by atoms with Crippen LogP contribution in [0.25, 0.3) is 0 Å². The molecule has 2 N–H and O–H groups in total. The van der Waals surface area contributed by atoms with Gasteiger partial charge in [0.15, 0.2) is 0 Å². The SMILES string of the molecule is C1CCC(C2CCC([C@H](C3CCCCC3)N3CC[NH2+]C3)CC2)CC1. The van der Waals surface area contributed by atoms with Crippen molar-refractivity contribution in [3.05, 3.63) is 0 Å². The molecule has 0 spiro atoms. The lowest BCUT2D eigenvalue weighted by Crippen LogP contribution is -2.82. The van der Waals surface area contributed by atoms with Gasteiger partial charge in [-0.2, -0.15) is 0 Å². The van der Waals surface area contributed by atoms with Gasteiger partial charge in [-0.05, 0) is 62.2 Å². The van der Waals surface area contributed by atoms with E-state index in [-0.39, 0.29) is 0 Å². The van der Waals surface area contributed by atoms with E-state index in [0.717, 1.165) is 29.7 Å². The first-order valence-electron chi connectivity index (χ1n) is 11.5. The Balaban J connectivity index is 1.36. The van der Waals surface area contributed by atoms with E-state index in [1.807, 2.05) is 0 Å². The molecule has 0 amide bonds. The lowest BCUT2D eigenvalue weighted by atomic mass is 9.67. The van der Waals surface area contributed by atoms with Crippen LogP contribution in [0.4, 0.5) is 0 Å². The maximum atomic E-state index is 2.90. The fourth-order valence-electron chi connectivity index (χ4n) is 6.90. The number of nitrogens with two attached hydrogens (primary N) is 1. The summed E-state index contributed by atoms with van der Waals surface area (Å²) in [5.74, 6) is 4.26. The van der Waals surface area contributed by atoms with Gasteiger partial charge in [0.05, 0.1) is 13.1 Å². The number of quaternary nitrogens is 1. The Labute approximate surface area is 150 Å². The molecule has 1 heterocycles. The average molecular weight is 334 g/mol. The van der Waals surface area contributed by atoms with Crippen LogP contribution < -0.4 is 5.32 Å². The summed E-state index contributed by atoms with van der Waals surface area (Å²) in [4.78, 5) is 2.90. The minimum absolute atomic E-state index is 0.941. The van der Waals surface area contributed by atoms with Crippen LogP contribution in [0.3, 0.4) is 0 Å². The lowest BCUT2D eigenvalue weighted by molar-refractivity contribution is -0.643. The molecule has 2 nitrogen and oxygen atoms in total. The highest BCUT2D eigenvalue weighted by atomic mass is 15.3. The first kappa shape index (κ1) is 17.3. The quantitative estimate of drug-likeness (QED) is 0.819. The molecule has 4 aliphatic rings. The molecule has 1 aliphatic heterocycles. The van der Waals surface area contributed by atoms with E-state index in [9.17, 15) is 0 Å². The summed E-state index contributed by atoms with van der Waals surface area (Å²) in [5, 5.41) is 2.55. The highest BCUT2D eigenvalue weighted by molar-refractivity contribution is 4.91. The van der Waals surface area contributed by atoms with Gasteiger partial charge in [-0.15, -0.1) is 0 Å². The summed E-state index contributed by atoms with van der Waals surface area (Å²) >= 11 is 0. The van der Waals surface area contributed by atoms with E-state index in [1.165, 1.54) is 71.1 Å². The van der Waals surface area contributed by atoms with E-state index < -0.39 is 0 Å². The Morgan fingerprint density at radius 1 is 0.625 bits per heavy atom. The normalized spacial score (nSPS) is 36.0. The maximum absolute atomic E-state index is 2.90. The van der Waals surface area contributed by atoms with Crippen molar-refractivity contribution in [3.63, 3.8) is 0 Å². The van der Waals surface area contributed by atoms with Crippen molar-refractivity contribution in [2.75, 3.05) is 19.8 Å². The second-order valence-corrected chi connectivity index (χ2v) is 9.53. The number of hydrogen-bond acceptors (Lipinski definition) is 1. The molecule has 4 rings (SSSR count). The van der Waals surface area contributed by atoms with Gasteiger partial charge in [0.25, 0.3) is 0 Å². The molecule has 0 radical (unpaired) electrons. The molecule has 2 heteroatoms. The van der Waals surface area contributed by atoms with Gasteiger partial charge >= 0.3 is 0 Å². The zero-order valence-corrected chi connectivity index (χ0v) is 15.9. The van der Waals surface area contributed by atoms with E-state index in [1.54, 1.807) is 38.5 Å². The fraction of sp³-hybridized carbons (Fsp3) is 1.00. The molecule has 1 saturated heterocycles. The highest BCUT2D eigenvalue weighted by Gasteiger charge is 2.39. The first-order valence-corrected chi connectivity index (χ1v) is 11.5. The molecule has 0 bridgehead atoms. The van der Waals surface area contributed by atoms with Gasteiger partial charge in [-0.1, -0.05) is 51.4 Å². The molecule has 0 unspecified atom stereocenters. The topological polar surface area (TPSA) is 19.9 Å². The van der Waals surface area contributed by atoms with Gasteiger partial charge in [-0.25, -0.2) is 4.90 Å². The van der Waals surface area contributed by atoms with Crippen LogP contribution in [-0.4, -0.2) is 30.7 Å². The summed E-state index contributed by atoms with van der Waals surface area (Å²) < 4.78 is 0. The maximum Gasteiger partial charge on any atom is 0.132 e. The van der Waals surface area contributed by atoms with Crippen LogP contribution in [0, 0.1) is 23.7 Å². The van der Waals surface area contributed by atoms with Crippen LogP contribution >= 0.6 is 0 Å². The van der Waals surface area contributed by atoms with Gasteiger partial charge < -0.3 is 5.32 Å². The molecular weight excluding hydrogens is 292 g/mol. The van der Waals surface area contributed by atoms with Crippen molar-refractivity contribution >= 4 is 0 Å². The predicted molar refractivity (Wildman–Crippen MR) is 101 cm³/mol. The molecule has 24 heavy (non-hydrogen) atoms. The second kappa shape index (κ2) is 8.54. The minimum atomic E-state index is 0.941. The van der Waals surface area contributed by atoms with Crippen molar-refractivity contribution < 1.29 is 5.32 Å². The van der Waals surface area contributed by atoms with E-state index in [4.69, 9.17) is 0 Å². The zero-order chi connectivity index (χ0) is 16.2. The molecule has 138 valence electrons. The van der Waals surface area contributed by atoms with Crippen LogP contribution in [0.15, 0.2) is 0 Å². The third-order valence-corrected chi connectivity index (χ3v) is 8.15. The van der Waals surface area contributed by atoms with Crippen LogP contribution in [-0.2, 0) is 0 Å². The lowest BCUT2D eigenvalue weighted by Gasteiger charge is -2.44. The summed E-state index contributed by atoms with van der Waals surface area (Å²) in [6.07, 6.45) is 21.5. The van der Waals surface area contributed by atoms with Gasteiger partial charge in [0.2, 0.25) is 0 Å². The van der Waals surface area contributed by atoms with Crippen LogP contribution in [0.5, 0.6) is 0 Å². The second-order valence-electron chi connectivity index (χ2n) is 9.53. The molecule has 1 atom stereocenters. The Morgan fingerprint density at radius 2 is 1.21 bits per heavy atom. The monoisotopic (exact) mass is 333 g/mol. The van der Waals surface area contributed by atoms with Crippen molar-refractivity contribution in [3.8, 4) is 0 Å². The Morgan fingerprint density at radius 3 is 1.83 bits per heavy atom. The number of rotatable bonds is 4. The van der Waals surface area contributed by atoms with Gasteiger partial charge in [0, 0.05) is 6.04 Å². The van der Waals surface area contributed by atoms with Crippen LogP contribution in [0.2, 0.25) is 0 Å². The highest BCUT2D eigenvalue weighted by Crippen LogP contribution is 2.44. The molecule has 3 aliphatic carbocycles. The zero-order valence-electron chi connectivity index (χ0n) is 15.9. The van der Waals surface area contributed by atoms with Gasteiger partial charge in [-0.3, -0.25) is 0 Å². The molecule has 4 fully saturated rings.